The highest BCUT2D eigenvalue weighted by atomic mass is 32.2. The van der Waals surface area contributed by atoms with Gasteiger partial charge in [0, 0.05) is 51.6 Å². The first-order chi connectivity index (χ1) is 11.7. The molecule has 1 fully saturated rings. The van der Waals surface area contributed by atoms with Gasteiger partial charge in [0.1, 0.15) is 5.82 Å². The fourth-order valence-electron chi connectivity index (χ4n) is 2.78. The molecular weight excluding hydrogens is 320 g/mol. The highest BCUT2D eigenvalue weighted by Crippen LogP contribution is 2.20. The van der Waals surface area contributed by atoms with Crippen LogP contribution in [0, 0.1) is 0 Å². The van der Waals surface area contributed by atoms with Gasteiger partial charge in [0.2, 0.25) is 0 Å². The van der Waals surface area contributed by atoms with E-state index in [0.717, 1.165) is 55.7 Å². The molecule has 24 heavy (non-hydrogen) atoms. The van der Waals surface area contributed by atoms with Gasteiger partial charge in [-0.1, -0.05) is 23.9 Å². The van der Waals surface area contributed by atoms with E-state index in [9.17, 15) is 4.79 Å². The second-order valence-corrected chi connectivity index (χ2v) is 7.04. The fourth-order valence-corrected chi connectivity index (χ4v) is 3.41. The Hall–Kier alpha value is -1.92. The number of rotatable bonds is 5. The zero-order chi connectivity index (χ0) is 16.8. The summed E-state index contributed by atoms with van der Waals surface area (Å²) in [6.45, 7) is 6.54. The maximum Gasteiger partial charge on any atom is 0.185 e. The number of pyridine rings is 2. The topological polar surface area (TPSA) is 49.3 Å². The summed E-state index contributed by atoms with van der Waals surface area (Å²) < 4.78 is 0. The summed E-state index contributed by atoms with van der Waals surface area (Å²) in [6, 6.07) is 12.0. The second-order valence-electron chi connectivity index (χ2n) is 5.76. The Bertz CT molecular complexity index is 672. The average molecular weight is 342 g/mol. The number of hydrogen-bond donors (Lipinski definition) is 0. The Morgan fingerprint density at radius 1 is 1.08 bits per heavy atom. The molecule has 0 aromatic carbocycles. The van der Waals surface area contributed by atoms with E-state index in [-0.39, 0.29) is 5.12 Å². The number of carbonyl (C=O) groups excluding carboxylic acids is 1. The minimum absolute atomic E-state index is 0.198. The quantitative estimate of drug-likeness (QED) is 0.832. The largest absolute Gasteiger partial charge is 0.354 e. The predicted molar refractivity (Wildman–Crippen MR) is 99.3 cm³/mol. The van der Waals surface area contributed by atoms with Gasteiger partial charge in [-0.2, -0.15) is 0 Å². The number of thioether (sulfide) groups is 1. The first-order valence-corrected chi connectivity index (χ1v) is 9.20. The molecule has 0 unspecified atom stereocenters. The van der Waals surface area contributed by atoms with Gasteiger partial charge < -0.3 is 4.90 Å². The van der Waals surface area contributed by atoms with Crippen LogP contribution in [-0.4, -0.2) is 58.5 Å². The normalized spacial score (nSPS) is 15.5. The lowest BCUT2D eigenvalue weighted by atomic mass is 10.2. The molecule has 0 saturated carbocycles. The van der Waals surface area contributed by atoms with Crippen molar-refractivity contribution in [3.8, 4) is 11.4 Å². The lowest BCUT2D eigenvalue weighted by molar-refractivity contribution is -0.109. The fraction of sp³-hybridized carbons (Fsp3) is 0.389. The van der Waals surface area contributed by atoms with Crippen molar-refractivity contribution in [1.82, 2.24) is 14.9 Å². The van der Waals surface area contributed by atoms with Crippen LogP contribution in [0.5, 0.6) is 0 Å². The zero-order valence-electron chi connectivity index (χ0n) is 13.9. The van der Waals surface area contributed by atoms with Gasteiger partial charge in [-0.3, -0.25) is 14.7 Å². The lowest BCUT2D eigenvalue weighted by Crippen LogP contribution is -2.47. The summed E-state index contributed by atoms with van der Waals surface area (Å²) in [5.41, 5.74) is 1.81. The van der Waals surface area contributed by atoms with Gasteiger partial charge in [-0.05, 0) is 24.3 Å². The van der Waals surface area contributed by atoms with Crippen molar-refractivity contribution < 1.29 is 4.79 Å². The molecule has 1 saturated heterocycles. The maximum absolute atomic E-state index is 11.0. The molecular formula is C18H22N4OS. The molecule has 0 aliphatic carbocycles. The Labute approximate surface area is 147 Å². The smallest absolute Gasteiger partial charge is 0.185 e. The predicted octanol–water partition coefficient (Wildman–Crippen LogP) is 2.55. The first kappa shape index (κ1) is 16.9. The number of nitrogens with zero attached hydrogens (tertiary/aromatic N) is 4. The molecule has 0 amide bonds. The third kappa shape index (κ3) is 4.55. The molecule has 0 radical (unpaired) electrons. The van der Waals surface area contributed by atoms with Crippen molar-refractivity contribution >= 4 is 22.7 Å². The van der Waals surface area contributed by atoms with Crippen molar-refractivity contribution in [1.29, 1.82) is 0 Å². The van der Waals surface area contributed by atoms with Crippen LogP contribution >= 0.6 is 11.8 Å². The standard InChI is InChI=1S/C18H22N4OS/c1-15(23)24-14-13-21-9-11-22(12-10-21)18-7-4-6-17(20-18)16-5-2-3-8-19-16/h2-8H,9-14H2,1H3. The zero-order valence-corrected chi connectivity index (χ0v) is 14.7. The number of piperazine rings is 1. The molecule has 1 aliphatic rings. The number of anilines is 1. The summed E-state index contributed by atoms with van der Waals surface area (Å²) in [5.74, 6) is 1.89. The van der Waals surface area contributed by atoms with E-state index in [1.165, 1.54) is 11.8 Å². The van der Waals surface area contributed by atoms with E-state index in [4.69, 9.17) is 4.98 Å². The van der Waals surface area contributed by atoms with Crippen LogP contribution in [0.4, 0.5) is 5.82 Å². The molecule has 126 valence electrons. The van der Waals surface area contributed by atoms with Crippen molar-refractivity contribution in [3.05, 3.63) is 42.6 Å². The third-order valence-electron chi connectivity index (χ3n) is 4.07. The van der Waals surface area contributed by atoms with Gasteiger partial charge in [0.25, 0.3) is 0 Å². The number of hydrogen-bond acceptors (Lipinski definition) is 6. The summed E-state index contributed by atoms with van der Waals surface area (Å²) in [6.07, 6.45) is 1.79. The van der Waals surface area contributed by atoms with Gasteiger partial charge >= 0.3 is 0 Å². The van der Waals surface area contributed by atoms with Gasteiger partial charge in [-0.15, -0.1) is 0 Å². The van der Waals surface area contributed by atoms with Crippen molar-refractivity contribution in [2.24, 2.45) is 0 Å². The van der Waals surface area contributed by atoms with Crippen molar-refractivity contribution in [2.75, 3.05) is 43.4 Å². The van der Waals surface area contributed by atoms with Crippen LogP contribution in [0.1, 0.15) is 6.92 Å². The van der Waals surface area contributed by atoms with Crippen molar-refractivity contribution in [2.45, 2.75) is 6.92 Å². The third-order valence-corrected chi connectivity index (χ3v) is 4.86. The van der Waals surface area contributed by atoms with E-state index in [1.54, 1.807) is 13.1 Å². The highest BCUT2D eigenvalue weighted by molar-refractivity contribution is 8.13. The van der Waals surface area contributed by atoms with Crippen LogP contribution in [-0.2, 0) is 4.79 Å². The summed E-state index contributed by atoms with van der Waals surface area (Å²) in [4.78, 5) is 24.9. The van der Waals surface area contributed by atoms with Gasteiger partial charge in [0.05, 0.1) is 11.4 Å². The van der Waals surface area contributed by atoms with E-state index < -0.39 is 0 Å². The highest BCUT2D eigenvalue weighted by Gasteiger charge is 2.18. The van der Waals surface area contributed by atoms with Crippen LogP contribution in [0.15, 0.2) is 42.6 Å². The molecule has 0 atom stereocenters. The summed E-state index contributed by atoms with van der Waals surface area (Å²) in [7, 11) is 0. The molecule has 0 N–H and O–H groups in total. The van der Waals surface area contributed by atoms with Gasteiger partial charge in [-0.25, -0.2) is 4.98 Å². The SMILES string of the molecule is CC(=O)SCCN1CCN(c2cccc(-c3ccccn3)n2)CC1. The summed E-state index contributed by atoms with van der Waals surface area (Å²) >= 11 is 1.41. The molecule has 2 aromatic rings. The number of carbonyl (C=O) groups is 1. The van der Waals surface area contributed by atoms with Crippen LogP contribution in [0.25, 0.3) is 11.4 Å². The Morgan fingerprint density at radius 2 is 1.88 bits per heavy atom. The summed E-state index contributed by atoms with van der Waals surface area (Å²) in [5, 5.41) is 0.198. The first-order valence-electron chi connectivity index (χ1n) is 8.21. The van der Waals surface area contributed by atoms with Gasteiger partial charge in [0.15, 0.2) is 5.12 Å². The van der Waals surface area contributed by atoms with E-state index in [0.29, 0.717) is 0 Å². The van der Waals surface area contributed by atoms with E-state index >= 15 is 0 Å². The monoisotopic (exact) mass is 342 g/mol. The Morgan fingerprint density at radius 3 is 2.58 bits per heavy atom. The maximum atomic E-state index is 11.0. The Kier molecular flexibility index (Phi) is 5.82. The lowest BCUT2D eigenvalue weighted by Gasteiger charge is -2.35. The molecule has 3 heterocycles. The minimum Gasteiger partial charge on any atom is -0.354 e. The molecule has 2 aromatic heterocycles. The molecule has 3 rings (SSSR count). The molecule has 6 heteroatoms. The van der Waals surface area contributed by atoms with Crippen LogP contribution in [0.3, 0.4) is 0 Å². The van der Waals surface area contributed by atoms with Crippen molar-refractivity contribution in [3.63, 3.8) is 0 Å². The van der Waals surface area contributed by atoms with Crippen LogP contribution < -0.4 is 4.90 Å². The minimum atomic E-state index is 0.198. The molecule has 5 nitrogen and oxygen atoms in total. The van der Waals surface area contributed by atoms with E-state index in [2.05, 4.69) is 20.9 Å². The van der Waals surface area contributed by atoms with E-state index in [1.807, 2.05) is 30.3 Å². The number of aromatic nitrogens is 2. The Balaban J connectivity index is 1.58. The molecule has 1 aliphatic heterocycles. The second kappa shape index (κ2) is 8.26. The average Bonchev–Trinajstić information content (AvgIpc) is 2.63. The molecule has 0 bridgehead atoms. The van der Waals surface area contributed by atoms with Crippen LogP contribution in [0.2, 0.25) is 0 Å². The molecule has 0 spiro atoms.